The zero-order valence-corrected chi connectivity index (χ0v) is 19.4. The quantitative estimate of drug-likeness (QED) is 0.257. The van der Waals surface area contributed by atoms with Gasteiger partial charge in [-0.2, -0.15) is 0 Å². The molecule has 1 heterocycles. The summed E-state index contributed by atoms with van der Waals surface area (Å²) >= 11 is 0. The van der Waals surface area contributed by atoms with Gasteiger partial charge in [0.15, 0.2) is 0 Å². The van der Waals surface area contributed by atoms with Gasteiger partial charge in [-0.25, -0.2) is 9.18 Å². The van der Waals surface area contributed by atoms with E-state index in [9.17, 15) is 23.9 Å². The Morgan fingerprint density at radius 3 is 2.23 bits per heavy atom. The molecule has 3 aromatic rings. The van der Waals surface area contributed by atoms with Gasteiger partial charge in [0, 0.05) is 31.0 Å². The number of ether oxygens (including phenoxy) is 1. The normalized spacial score (nSPS) is 16.9. The number of aliphatic hydroxyl groups is 1. The molecule has 178 valence electrons. The largest absolute Gasteiger partial charge is 0.507 e. The first-order valence-electron chi connectivity index (χ1n) is 10.8. The molecule has 1 N–H and O–H groups in total. The van der Waals surface area contributed by atoms with E-state index in [1.807, 2.05) is 31.1 Å². The van der Waals surface area contributed by atoms with Crippen molar-refractivity contribution < 1.29 is 28.6 Å². The minimum atomic E-state index is -0.982. The van der Waals surface area contributed by atoms with E-state index in [1.165, 1.54) is 36.3 Å². The minimum Gasteiger partial charge on any atom is -0.507 e. The summed E-state index contributed by atoms with van der Waals surface area (Å²) in [4.78, 5) is 41.7. The van der Waals surface area contributed by atoms with Crippen LogP contribution in [0.5, 0.6) is 0 Å². The Hall–Kier alpha value is -4.46. The van der Waals surface area contributed by atoms with Crippen molar-refractivity contribution in [1.29, 1.82) is 0 Å². The summed E-state index contributed by atoms with van der Waals surface area (Å²) in [5.41, 5.74) is 2.02. The lowest BCUT2D eigenvalue weighted by molar-refractivity contribution is -0.132. The number of nitrogens with zero attached hydrogens (tertiary/aromatic N) is 2. The Morgan fingerprint density at radius 1 is 0.971 bits per heavy atom. The average molecular weight is 474 g/mol. The van der Waals surface area contributed by atoms with E-state index in [4.69, 9.17) is 4.74 Å². The number of halogens is 1. The molecule has 1 fully saturated rings. The van der Waals surface area contributed by atoms with E-state index >= 15 is 0 Å². The van der Waals surface area contributed by atoms with Crippen molar-refractivity contribution in [2.75, 3.05) is 31.0 Å². The molecule has 1 unspecified atom stereocenters. The third-order valence-corrected chi connectivity index (χ3v) is 5.83. The van der Waals surface area contributed by atoms with Crippen molar-refractivity contribution in [3.63, 3.8) is 0 Å². The van der Waals surface area contributed by atoms with Crippen LogP contribution in [0.3, 0.4) is 0 Å². The number of hydrogen-bond donors (Lipinski definition) is 1. The summed E-state index contributed by atoms with van der Waals surface area (Å²) < 4.78 is 18.2. The Kier molecular flexibility index (Phi) is 6.38. The first-order valence-corrected chi connectivity index (χ1v) is 10.8. The number of rotatable bonds is 5. The van der Waals surface area contributed by atoms with Crippen LogP contribution in [0.25, 0.3) is 5.76 Å². The highest BCUT2D eigenvalue weighted by atomic mass is 19.1. The molecule has 1 amide bonds. The van der Waals surface area contributed by atoms with Crippen molar-refractivity contribution in [3.8, 4) is 0 Å². The molecule has 0 aliphatic carbocycles. The summed E-state index contributed by atoms with van der Waals surface area (Å²) in [6.45, 7) is 0. The molecule has 0 radical (unpaired) electrons. The standard InChI is InChI=1S/C27H23FN2O5/c1-29(2)20-13-9-16(10-14-20)23-22(24(31)17-7-11-19(28)12-8-17)25(32)26(33)30(23)21-6-4-5-18(15-21)27(34)35-3/h4-15,23,31H,1-3H3/b24-22+. The second kappa shape index (κ2) is 9.42. The molecular weight excluding hydrogens is 451 g/mol. The molecule has 4 rings (SSSR count). The van der Waals surface area contributed by atoms with Gasteiger partial charge in [-0.3, -0.25) is 14.5 Å². The number of hydrogen-bond acceptors (Lipinski definition) is 6. The van der Waals surface area contributed by atoms with Crippen molar-refractivity contribution >= 4 is 34.8 Å². The smallest absolute Gasteiger partial charge is 0.337 e. The van der Waals surface area contributed by atoms with E-state index in [-0.39, 0.29) is 22.4 Å². The zero-order chi connectivity index (χ0) is 25.3. The molecule has 1 atom stereocenters. The van der Waals surface area contributed by atoms with Gasteiger partial charge in [-0.15, -0.1) is 0 Å². The first kappa shape index (κ1) is 23.7. The van der Waals surface area contributed by atoms with Gasteiger partial charge in [-0.1, -0.05) is 18.2 Å². The maximum Gasteiger partial charge on any atom is 0.337 e. The molecule has 7 nitrogen and oxygen atoms in total. The number of amides is 1. The van der Waals surface area contributed by atoms with E-state index < -0.39 is 35.3 Å². The van der Waals surface area contributed by atoms with Crippen LogP contribution in [0, 0.1) is 5.82 Å². The number of aliphatic hydroxyl groups excluding tert-OH is 1. The van der Waals surface area contributed by atoms with Crippen LogP contribution >= 0.6 is 0 Å². The molecular formula is C27H23FN2O5. The molecule has 3 aromatic carbocycles. The Balaban J connectivity index is 1.92. The van der Waals surface area contributed by atoms with Crippen molar-refractivity contribution in [3.05, 3.63) is 101 Å². The topological polar surface area (TPSA) is 87.1 Å². The van der Waals surface area contributed by atoms with Gasteiger partial charge in [0.25, 0.3) is 11.7 Å². The third-order valence-electron chi connectivity index (χ3n) is 5.83. The lowest BCUT2D eigenvalue weighted by Gasteiger charge is -2.26. The van der Waals surface area contributed by atoms with E-state index in [2.05, 4.69) is 0 Å². The molecule has 0 spiro atoms. The summed E-state index contributed by atoms with van der Waals surface area (Å²) in [5, 5.41) is 11.1. The predicted octanol–water partition coefficient (Wildman–Crippen LogP) is 4.30. The van der Waals surface area contributed by atoms with E-state index in [0.717, 1.165) is 17.8 Å². The highest BCUT2D eigenvalue weighted by molar-refractivity contribution is 6.51. The summed E-state index contributed by atoms with van der Waals surface area (Å²) in [6.07, 6.45) is 0. The second-order valence-electron chi connectivity index (χ2n) is 8.20. The van der Waals surface area contributed by atoms with E-state index in [1.54, 1.807) is 24.3 Å². The van der Waals surface area contributed by atoms with Crippen molar-refractivity contribution in [1.82, 2.24) is 0 Å². The summed E-state index contributed by atoms with van der Waals surface area (Å²) in [7, 11) is 5.01. The number of ketones is 1. The number of esters is 1. The fraction of sp³-hybridized carbons (Fsp3) is 0.148. The molecule has 1 aliphatic rings. The lowest BCUT2D eigenvalue weighted by atomic mass is 9.94. The highest BCUT2D eigenvalue weighted by Crippen LogP contribution is 2.42. The van der Waals surface area contributed by atoms with Crippen LogP contribution in [-0.4, -0.2) is 44.0 Å². The fourth-order valence-corrected chi connectivity index (χ4v) is 4.03. The van der Waals surface area contributed by atoms with Gasteiger partial charge >= 0.3 is 5.97 Å². The molecule has 1 aliphatic heterocycles. The van der Waals surface area contributed by atoms with Crippen LogP contribution in [0.2, 0.25) is 0 Å². The Morgan fingerprint density at radius 2 is 1.63 bits per heavy atom. The molecule has 1 saturated heterocycles. The van der Waals surface area contributed by atoms with Crippen LogP contribution in [0.1, 0.15) is 27.5 Å². The zero-order valence-electron chi connectivity index (χ0n) is 19.4. The number of Topliss-reactive ketones (excluding diaryl/α,β-unsaturated/α-hetero) is 1. The predicted molar refractivity (Wildman–Crippen MR) is 130 cm³/mol. The van der Waals surface area contributed by atoms with Crippen LogP contribution < -0.4 is 9.80 Å². The summed E-state index contributed by atoms with van der Waals surface area (Å²) in [6, 6.07) is 17.4. The van der Waals surface area contributed by atoms with Crippen LogP contribution in [0.4, 0.5) is 15.8 Å². The second-order valence-corrected chi connectivity index (χ2v) is 8.20. The summed E-state index contributed by atoms with van der Waals surface area (Å²) in [5.74, 6) is -3.27. The maximum absolute atomic E-state index is 13.5. The van der Waals surface area contributed by atoms with Crippen molar-refractivity contribution in [2.45, 2.75) is 6.04 Å². The monoisotopic (exact) mass is 474 g/mol. The van der Waals surface area contributed by atoms with Gasteiger partial charge in [0.1, 0.15) is 11.6 Å². The van der Waals surface area contributed by atoms with Gasteiger partial charge in [0.05, 0.1) is 24.3 Å². The highest BCUT2D eigenvalue weighted by Gasteiger charge is 2.47. The SMILES string of the molecule is COC(=O)c1cccc(N2C(=O)C(=O)/C(=C(/O)c3ccc(F)cc3)C2c2ccc(N(C)C)cc2)c1. The number of carbonyl (C=O) groups excluding carboxylic acids is 3. The minimum absolute atomic E-state index is 0.136. The van der Waals surface area contributed by atoms with Crippen molar-refractivity contribution in [2.24, 2.45) is 0 Å². The number of carbonyl (C=O) groups is 3. The number of benzene rings is 3. The third kappa shape index (κ3) is 4.38. The molecule has 8 heteroatoms. The van der Waals surface area contributed by atoms with Gasteiger partial charge < -0.3 is 14.7 Å². The molecule has 0 aromatic heterocycles. The van der Waals surface area contributed by atoms with Gasteiger partial charge in [-0.05, 0) is 60.2 Å². The maximum atomic E-state index is 13.5. The molecule has 0 bridgehead atoms. The lowest BCUT2D eigenvalue weighted by Crippen LogP contribution is -2.29. The Bertz CT molecular complexity index is 1330. The number of anilines is 2. The van der Waals surface area contributed by atoms with Crippen LogP contribution in [0.15, 0.2) is 78.4 Å². The van der Waals surface area contributed by atoms with Gasteiger partial charge in [0.2, 0.25) is 0 Å². The molecule has 35 heavy (non-hydrogen) atoms. The molecule has 0 saturated carbocycles. The Labute approximate surface area is 201 Å². The number of methoxy groups -OCH3 is 1. The van der Waals surface area contributed by atoms with E-state index in [0.29, 0.717) is 5.56 Å². The first-order chi connectivity index (χ1) is 16.7. The fourth-order valence-electron chi connectivity index (χ4n) is 4.03. The average Bonchev–Trinajstić information content (AvgIpc) is 3.14. The van der Waals surface area contributed by atoms with Crippen LogP contribution in [-0.2, 0) is 14.3 Å².